The Bertz CT molecular complexity index is 1380. The van der Waals surface area contributed by atoms with Gasteiger partial charge in [-0.2, -0.15) is 0 Å². The van der Waals surface area contributed by atoms with Gasteiger partial charge in [0.1, 0.15) is 42.2 Å². The molecule has 2 saturated heterocycles. The average molecular weight is 582 g/mol. The fourth-order valence-corrected chi connectivity index (χ4v) is 5.59. The smallest absolute Gasteiger partial charge is 0.233 e. The van der Waals surface area contributed by atoms with E-state index in [-0.39, 0.29) is 18.4 Å². The van der Waals surface area contributed by atoms with E-state index in [4.69, 9.17) is 4.74 Å². The van der Waals surface area contributed by atoms with Crippen LogP contribution < -0.4 is 4.90 Å². The number of rotatable bonds is 9. The van der Waals surface area contributed by atoms with E-state index in [2.05, 4.69) is 0 Å². The molecule has 0 bridgehead atoms. The summed E-state index contributed by atoms with van der Waals surface area (Å²) in [5.41, 5.74) is 2.67. The van der Waals surface area contributed by atoms with Gasteiger partial charge in [0.2, 0.25) is 5.91 Å². The van der Waals surface area contributed by atoms with Gasteiger partial charge in [-0.25, -0.2) is 8.78 Å². The Labute approximate surface area is 241 Å². The molecule has 42 heavy (non-hydrogen) atoms. The number of benzene rings is 3. The van der Waals surface area contributed by atoms with Crippen LogP contribution in [0, 0.1) is 17.6 Å². The van der Waals surface area contributed by atoms with Gasteiger partial charge in [-0.05, 0) is 65.9 Å². The van der Waals surface area contributed by atoms with Crippen LogP contribution in [0.1, 0.15) is 41.7 Å². The van der Waals surface area contributed by atoms with E-state index in [1.807, 2.05) is 24.3 Å². The molecule has 2 heterocycles. The van der Waals surface area contributed by atoms with Crippen LogP contribution in [-0.4, -0.2) is 68.6 Å². The van der Waals surface area contributed by atoms with E-state index in [0.717, 1.165) is 11.1 Å². The number of carbonyl (C=O) groups excluding carboxylic acids is 1. The largest absolute Gasteiger partial charge is 0.394 e. The predicted octanol–water partition coefficient (Wildman–Crippen LogP) is 3.04. The van der Waals surface area contributed by atoms with Crippen molar-refractivity contribution in [2.45, 2.75) is 55.5 Å². The van der Waals surface area contributed by atoms with Gasteiger partial charge in [-0.1, -0.05) is 48.6 Å². The summed E-state index contributed by atoms with van der Waals surface area (Å²) in [4.78, 5) is 14.9. The average Bonchev–Trinajstić information content (AvgIpc) is 3.00. The SMILES string of the molecule is O=C1[C@H](CC[C@H](O)c2ccc(F)cc2)[C@@H](c2ccc(/C=C/[C@@H]3O[C@H](CO)[C@@H](O)[C@H](O)[C@H]3O)cc2)N1c1ccc(F)cc1. The number of anilines is 1. The van der Waals surface area contributed by atoms with Crippen molar-refractivity contribution in [3.05, 3.63) is 107 Å². The van der Waals surface area contributed by atoms with Crippen molar-refractivity contribution < 1.29 is 43.8 Å². The van der Waals surface area contributed by atoms with Gasteiger partial charge in [-0.15, -0.1) is 0 Å². The van der Waals surface area contributed by atoms with E-state index in [1.165, 1.54) is 42.5 Å². The third-order valence-corrected chi connectivity index (χ3v) is 8.01. The standard InChI is InChI=1S/C32H33F2NO7/c33-21-8-6-19(7-9-21)25(37)15-14-24-28(35(32(24)41)23-12-10-22(34)11-13-23)20-4-1-18(2-5-20)3-16-26-29(38)31(40)30(39)27(17-36)42-26/h1-13,16,24-31,36-40H,14-15,17H2/b16-3+/t24-,25+,26+,27-,28-,29+,30-,31-/m1/s1. The van der Waals surface area contributed by atoms with Gasteiger partial charge >= 0.3 is 0 Å². The fourth-order valence-electron chi connectivity index (χ4n) is 5.59. The van der Waals surface area contributed by atoms with Crippen molar-refractivity contribution in [3.8, 4) is 0 Å². The highest BCUT2D eigenvalue weighted by molar-refractivity contribution is 6.03. The summed E-state index contributed by atoms with van der Waals surface area (Å²) in [6.07, 6.45) is -3.24. The maximum Gasteiger partial charge on any atom is 0.233 e. The molecule has 0 radical (unpaired) electrons. The molecule has 222 valence electrons. The number of halogens is 2. The highest BCUT2D eigenvalue weighted by atomic mass is 19.1. The number of carbonyl (C=O) groups is 1. The molecule has 2 aliphatic heterocycles. The zero-order valence-corrected chi connectivity index (χ0v) is 22.6. The molecule has 1 amide bonds. The summed E-state index contributed by atoms with van der Waals surface area (Å²) in [5.74, 6) is -1.41. The lowest BCUT2D eigenvalue weighted by molar-refractivity contribution is -0.216. The van der Waals surface area contributed by atoms with Crippen molar-refractivity contribution in [2.75, 3.05) is 11.5 Å². The number of aliphatic hydroxyl groups is 5. The number of amides is 1. The normalized spacial score (nSPS) is 28.6. The first kappa shape index (κ1) is 30.0. The molecule has 0 aromatic heterocycles. The number of nitrogens with zero attached hydrogens (tertiary/aromatic N) is 1. The molecular formula is C32H33F2NO7. The van der Waals surface area contributed by atoms with E-state index < -0.39 is 60.8 Å². The van der Waals surface area contributed by atoms with Crippen LogP contribution in [0.25, 0.3) is 6.08 Å². The highest BCUT2D eigenvalue weighted by Gasteiger charge is 2.48. The van der Waals surface area contributed by atoms with Crippen LogP contribution >= 0.6 is 0 Å². The molecule has 0 saturated carbocycles. The van der Waals surface area contributed by atoms with Crippen molar-refractivity contribution >= 4 is 17.7 Å². The Kier molecular flexibility index (Phi) is 9.12. The minimum Gasteiger partial charge on any atom is -0.394 e. The quantitative estimate of drug-likeness (QED) is 0.246. The molecule has 2 aliphatic rings. The second kappa shape index (κ2) is 12.8. The summed E-state index contributed by atoms with van der Waals surface area (Å²) < 4.78 is 32.4. The van der Waals surface area contributed by atoms with Crippen LogP contribution in [0.4, 0.5) is 14.5 Å². The van der Waals surface area contributed by atoms with Crippen molar-refractivity contribution in [1.29, 1.82) is 0 Å². The van der Waals surface area contributed by atoms with Gasteiger partial charge in [0.25, 0.3) is 0 Å². The Morgan fingerprint density at radius 1 is 0.857 bits per heavy atom. The first-order chi connectivity index (χ1) is 20.2. The molecule has 8 nitrogen and oxygen atoms in total. The van der Waals surface area contributed by atoms with Gasteiger partial charge in [0.05, 0.1) is 24.7 Å². The van der Waals surface area contributed by atoms with Crippen molar-refractivity contribution in [2.24, 2.45) is 5.92 Å². The van der Waals surface area contributed by atoms with Crippen LogP contribution in [-0.2, 0) is 9.53 Å². The minimum atomic E-state index is -1.47. The van der Waals surface area contributed by atoms with Gasteiger partial charge < -0.3 is 35.2 Å². The lowest BCUT2D eigenvalue weighted by Crippen LogP contribution is -2.57. The first-order valence-electron chi connectivity index (χ1n) is 13.8. The van der Waals surface area contributed by atoms with E-state index in [1.54, 1.807) is 23.1 Å². The monoisotopic (exact) mass is 581 g/mol. The lowest BCUT2D eigenvalue weighted by atomic mass is 9.78. The minimum absolute atomic E-state index is 0.149. The number of hydrogen-bond acceptors (Lipinski definition) is 7. The summed E-state index contributed by atoms with van der Waals surface area (Å²) in [6.45, 7) is -0.517. The van der Waals surface area contributed by atoms with Crippen molar-refractivity contribution in [1.82, 2.24) is 0 Å². The second-order valence-electron chi connectivity index (χ2n) is 10.7. The third-order valence-electron chi connectivity index (χ3n) is 8.01. The number of β-lactam (4-membered cyclic amide) rings is 1. The third kappa shape index (κ3) is 6.14. The molecule has 8 atom stereocenters. The predicted molar refractivity (Wildman–Crippen MR) is 150 cm³/mol. The number of aliphatic hydroxyl groups excluding tert-OH is 5. The maximum absolute atomic E-state index is 13.6. The Hall–Kier alpha value is -3.51. The van der Waals surface area contributed by atoms with Crippen LogP contribution in [0.5, 0.6) is 0 Å². The lowest BCUT2D eigenvalue weighted by Gasteiger charge is -2.48. The summed E-state index contributed by atoms with van der Waals surface area (Å²) in [7, 11) is 0. The van der Waals surface area contributed by atoms with Gasteiger partial charge in [-0.3, -0.25) is 4.79 Å². The van der Waals surface area contributed by atoms with Gasteiger partial charge in [0, 0.05) is 5.69 Å². The van der Waals surface area contributed by atoms with Crippen LogP contribution in [0.15, 0.2) is 78.9 Å². The Morgan fingerprint density at radius 3 is 2.10 bits per heavy atom. The molecule has 5 N–H and O–H groups in total. The summed E-state index contributed by atoms with van der Waals surface area (Å²) >= 11 is 0. The van der Waals surface area contributed by atoms with Gasteiger partial charge in [0.15, 0.2) is 0 Å². The zero-order chi connectivity index (χ0) is 30.0. The fraction of sp³-hybridized carbons (Fsp3) is 0.344. The number of ether oxygens (including phenoxy) is 1. The molecule has 3 aromatic rings. The number of hydrogen-bond donors (Lipinski definition) is 5. The van der Waals surface area contributed by atoms with E-state index in [0.29, 0.717) is 17.7 Å². The topological polar surface area (TPSA) is 131 Å². The molecule has 10 heteroatoms. The maximum atomic E-state index is 13.6. The van der Waals surface area contributed by atoms with Crippen molar-refractivity contribution in [3.63, 3.8) is 0 Å². The molecule has 5 rings (SSSR count). The van der Waals surface area contributed by atoms with E-state index in [9.17, 15) is 39.1 Å². The van der Waals surface area contributed by atoms with E-state index >= 15 is 0 Å². The Balaban J connectivity index is 1.33. The zero-order valence-electron chi connectivity index (χ0n) is 22.6. The first-order valence-corrected chi connectivity index (χ1v) is 13.8. The van der Waals surface area contributed by atoms with Crippen LogP contribution in [0.3, 0.4) is 0 Å². The molecule has 0 unspecified atom stereocenters. The second-order valence-corrected chi connectivity index (χ2v) is 10.7. The Morgan fingerprint density at radius 2 is 1.48 bits per heavy atom. The molecule has 0 aliphatic carbocycles. The molecule has 0 spiro atoms. The summed E-state index contributed by atoms with van der Waals surface area (Å²) in [6, 6.07) is 18.2. The molecule has 2 fully saturated rings. The molecular weight excluding hydrogens is 548 g/mol. The molecule has 3 aromatic carbocycles. The summed E-state index contributed by atoms with van der Waals surface area (Å²) in [5, 5.41) is 50.3. The van der Waals surface area contributed by atoms with Crippen LogP contribution in [0.2, 0.25) is 0 Å². The highest BCUT2D eigenvalue weighted by Crippen LogP contribution is 2.46.